The Balaban J connectivity index is 1.93. The largest absolute Gasteiger partial charge is 0.388 e. The first-order valence-electron chi connectivity index (χ1n) is 6.54. The predicted octanol–water partition coefficient (Wildman–Crippen LogP) is 3.25. The fourth-order valence-corrected chi connectivity index (χ4v) is 2.83. The normalized spacial score (nSPS) is 12.6. The van der Waals surface area contributed by atoms with Crippen LogP contribution in [0.25, 0.3) is 0 Å². The van der Waals surface area contributed by atoms with Gasteiger partial charge in [0.15, 0.2) is 0 Å². The second-order valence-electron chi connectivity index (χ2n) is 4.83. The molecule has 19 heavy (non-hydrogen) atoms. The SMILES string of the molecule is CNc1ccnc(CN(C)C(C)Cc2cccs2)c1. The van der Waals surface area contributed by atoms with Gasteiger partial charge in [-0.15, -0.1) is 11.3 Å². The zero-order chi connectivity index (χ0) is 13.7. The van der Waals surface area contributed by atoms with E-state index in [1.54, 1.807) is 0 Å². The Morgan fingerprint density at radius 1 is 1.42 bits per heavy atom. The minimum Gasteiger partial charge on any atom is -0.388 e. The number of nitrogens with zero attached hydrogens (tertiary/aromatic N) is 2. The lowest BCUT2D eigenvalue weighted by molar-refractivity contribution is 0.246. The number of rotatable bonds is 6. The number of pyridine rings is 1. The Bertz CT molecular complexity index is 496. The lowest BCUT2D eigenvalue weighted by Gasteiger charge is -2.24. The van der Waals surface area contributed by atoms with Crippen LogP contribution in [0.3, 0.4) is 0 Å². The molecule has 1 atom stereocenters. The van der Waals surface area contributed by atoms with Gasteiger partial charge in [0.05, 0.1) is 5.69 Å². The van der Waals surface area contributed by atoms with E-state index in [0.717, 1.165) is 24.3 Å². The number of thiophene rings is 1. The number of hydrogen-bond acceptors (Lipinski definition) is 4. The minimum atomic E-state index is 0.513. The average Bonchev–Trinajstić information content (AvgIpc) is 2.91. The van der Waals surface area contributed by atoms with Crippen LogP contribution in [0.5, 0.6) is 0 Å². The molecular formula is C15H21N3S. The van der Waals surface area contributed by atoms with Crippen LogP contribution >= 0.6 is 11.3 Å². The van der Waals surface area contributed by atoms with E-state index in [4.69, 9.17) is 0 Å². The standard InChI is InChI=1S/C15H21N3S/c1-12(9-15-5-4-8-19-15)18(3)11-14-10-13(16-2)6-7-17-14/h4-8,10,12H,9,11H2,1-3H3,(H,16,17). The van der Waals surface area contributed by atoms with Gasteiger partial charge in [-0.1, -0.05) is 6.07 Å². The van der Waals surface area contributed by atoms with Crippen molar-refractivity contribution in [3.05, 3.63) is 46.4 Å². The fraction of sp³-hybridized carbons (Fsp3) is 0.400. The van der Waals surface area contributed by atoms with Gasteiger partial charge in [0.1, 0.15) is 0 Å². The van der Waals surface area contributed by atoms with Crippen molar-refractivity contribution in [3.63, 3.8) is 0 Å². The molecule has 0 aromatic carbocycles. The van der Waals surface area contributed by atoms with Crippen LogP contribution in [0, 0.1) is 0 Å². The Morgan fingerprint density at radius 2 is 2.26 bits per heavy atom. The van der Waals surface area contributed by atoms with Crippen LogP contribution in [0.15, 0.2) is 35.8 Å². The molecule has 0 bridgehead atoms. The van der Waals surface area contributed by atoms with Crippen molar-refractivity contribution in [2.24, 2.45) is 0 Å². The van der Waals surface area contributed by atoms with Crippen molar-refractivity contribution in [2.75, 3.05) is 19.4 Å². The van der Waals surface area contributed by atoms with Crippen LogP contribution in [-0.2, 0) is 13.0 Å². The molecular weight excluding hydrogens is 254 g/mol. The summed E-state index contributed by atoms with van der Waals surface area (Å²) >= 11 is 1.83. The maximum absolute atomic E-state index is 4.43. The fourth-order valence-electron chi connectivity index (χ4n) is 2.01. The summed E-state index contributed by atoms with van der Waals surface area (Å²) in [7, 11) is 4.09. The average molecular weight is 275 g/mol. The molecule has 3 nitrogen and oxygen atoms in total. The van der Waals surface area contributed by atoms with E-state index in [9.17, 15) is 0 Å². The van der Waals surface area contributed by atoms with Gasteiger partial charge in [0, 0.05) is 36.4 Å². The third kappa shape index (κ3) is 4.04. The van der Waals surface area contributed by atoms with Crippen molar-refractivity contribution in [3.8, 4) is 0 Å². The highest BCUT2D eigenvalue weighted by Gasteiger charge is 2.11. The summed E-state index contributed by atoms with van der Waals surface area (Å²) < 4.78 is 0. The quantitative estimate of drug-likeness (QED) is 0.877. The molecule has 2 aromatic heterocycles. The first-order chi connectivity index (χ1) is 9.19. The third-order valence-electron chi connectivity index (χ3n) is 3.35. The highest BCUT2D eigenvalue weighted by Crippen LogP contribution is 2.15. The minimum absolute atomic E-state index is 0.513. The highest BCUT2D eigenvalue weighted by molar-refractivity contribution is 7.09. The van der Waals surface area contributed by atoms with Crippen LogP contribution in [-0.4, -0.2) is 30.0 Å². The van der Waals surface area contributed by atoms with E-state index in [-0.39, 0.29) is 0 Å². The molecule has 0 aliphatic carbocycles. The Morgan fingerprint density at radius 3 is 2.95 bits per heavy atom. The molecule has 0 fully saturated rings. The zero-order valence-electron chi connectivity index (χ0n) is 11.8. The molecule has 2 heterocycles. The van der Waals surface area contributed by atoms with Crippen molar-refractivity contribution in [1.29, 1.82) is 0 Å². The first kappa shape index (κ1) is 14.0. The highest BCUT2D eigenvalue weighted by atomic mass is 32.1. The molecule has 2 rings (SSSR count). The van der Waals surface area contributed by atoms with E-state index in [2.05, 4.69) is 52.8 Å². The third-order valence-corrected chi connectivity index (χ3v) is 4.24. The Hall–Kier alpha value is -1.39. The molecule has 1 unspecified atom stereocenters. The number of hydrogen-bond donors (Lipinski definition) is 1. The van der Waals surface area contributed by atoms with Gasteiger partial charge < -0.3 is 5.32 Å². The molecule has 0 saturated carbocycles. The molecule has 0 aliphatic rings. The van der Waals surface area contributed by atoms with Crippen LogP contribution in [0.4, 0.5) is 5.69 Å². The lowest BCUT2D eigenvalue weighted by Crippen LogP contribution is -2.30. The summed E-state index contributed by atoms with van der Waals surface area (Å²) in [4.78, 5) is 8.22. The summed E-state index contributed by atoms with van der Waals surface area (Å²) in [5, 5.41) is 5.29. The van der Waals surface area contributed by atoms with Gasteiger partial charge in [-0.25, -0.2) is 0 Å². The Labute approximate surface area is 119 Å². The number of likely N-dealkylation sites (N-methyl/N-ethyl adjacent to an activating group) is 1. The summed E-state index contributed by atoms with van der Waals surface area (Å²) in [6.07, 6.45) is 2.96. The van der Waals surface area contributed by atoms with E-state index in [1.807, 2.05) is 30.6 Å². The topological polar surface area (TPSA) is 28.2 Å². The molecule has 0 radical (unpaired) electrons. The molecule has 0 amide bonds. The molecule has 102 valence electrons. The van der Waals surface area contributed by atoms with Gasteiger partial charge in [0.2, 0.25) is 0 Å². The maximum atomic E-state index is 4.43. The molecule has 0 aliphatic heterocycles. The summed E-state index contributed by atoms with van der Waals surface area (Å²) in [6.45, 7) is 3.14. The monoisotopic (exact) mass is 275 g/mol. The first-order valence-corrected chi connectivity index (χ1v) is 7.42. The summed E-state index contributed by atoms with van der Waals surface area (Å²) in [5.74, 6) is 0. The van der Waals surface area contributed by atoms with Gasteiger partial charge in [-0.2, -0.15) is 0 Å². The Kier molecular flexibility index (Phi) is 4.93. The van der Waals surface area contributed by atoms with Crippen LogP contribution in [0.2, 0.25) is 0 Å². The van der Waals surface area contributed by atoms with Gasteiger partial charge in [-0.05, 0) is 44.0 Å². The lowest BCUT2D eigenvalue weighted by atomic mass is 10.1. The van der Waals surface area contributed by atoms with E-state index in [0.29, 0.717) is 6.04 Å². The van der Waals surface area contributed by atoms with Crippen LogP contribution in [0.1, 0.15) is 17.5 Å². The summed E-state index contributed by atoms with van der Waals surface area (Å²) in [5.41, 5.74) is 2.22. The van der Waals surface area contributed by atoms with Crippen molar-refractivity contribution < 1.29 is 0 Å². The zero-order valence-corrected chi connectivity index (χ0v) is 12.6. The van der Waals surface area contributed by atoms with Crippen molar-refractivity contribution >= 4 is 17.0 Å². The van der Waals surface area contributed by atoms with E-state index in [1.165, 1.54) is 4.88 Å². The van der Waals surface area contributed by atoms with E-state index >= 15 is 0 Å². The van der Waals surface area contributed by atoms with Crippen molar-refractivity contribution in [2.45, 2.75) is 25.9 Å². The smallest absolute Gasteiger partial charge is 0.0564 e. The molecule has 1 N–H and O–H groups in total. The maximum Gasteiger partial charge on any atom is 0.0564 e. The molecule has 0 spiro atoms. The number of anilines is 1. The van der Waals surface area contributed by atoms with Crippen LogP contribution < -0.4 is 5.32 Å². The van der Waals surface area contributed by atoms with Crippen molar-refractivity contribution in [1.82, 2.24) is 9.88 Å². The molecule has 0 saturated heterocycles. The van der Waals surface area contributed by atoms with Gasteiger partial charge in [-0.3, -0.25) is 9.88 Å². The van der Waals surface area contributed by atoms with E-state index < -0.39 is 0 Å². The summed E-state index contributed by atoms with van der Waals surface area (Å²) in [6, 6.07) is 8.92. The van der Waals surface area contributed by atoms with Gasteiger partial charge in [0.25, 0.3) is 0 Å². The second-order valence-corrected chi connectivity index (χ2v) is 5.87. The molecule has 4 heteroatoms. The number of aromatic nitrogens is 1. The predicted molar refractivity (Wildman–Crippen MR) is 82.7 cm³/mol. The number of nitrogens with one attached hydrogen (secondary N) is 1. The molecule has 2 aromatic rings. The van der Waals surface area contributed by atoms with Gasteiger partial charge >= 0.3 is 0 Å². The second kappa shape index (κ2) is 6.68.